The van der Waals surface area contributed by atoms with Crippen LogP contribution in [-0.2, 0) is 6.42 Å². The van der Waals surface area contributed by atoms with E-state index < -0.39 is 0 Å². The number of nitrogens with one attached hydrogen (secondary N) is 1. The third-order valence-electron chi connectivity index (χ3n) is 4.82. The lowest BCUT2D eigenvalue weighted by molar-refractivity contribution is 0.0665. The molecule has 1 amide bonds. The number of nitrogens with zero attached hydrogens (tertiary/aromatic N) is 3. The molecule has 4 rings (SSSR count). The fourth-order valence-corrected chi connectivity index (χ4v) is 3.65. The highest BCUT2D eigenvalue weighted by atomic mass is 35.5. The Bertz CT molecular complexity index is 1000. The molecule has 1 aliphatic heterocycles. The smallest absolute Gasteiger partial charge is 0.292 e. The van der Waals surface area contributed by atoms with Crippen LogP contribution < -0.4 is 4.74 Å². The first kappa shape index (κ1) is 16.7. The van der Waals surface area contributed by atoms with Gasteiger partial charge in [-0.1, -0.05) is 17.7 Å². The predicted octanol–water partition coefficient (Wildman–Crippen LogP) is 3.09. The highest BCUT2D eigenvalue weighted by molar-refractivity contribution is 6.33. The van der Waals surface area contributed by atoms with Crippen LogP contribution in [0.25, 0.3) is 10.9 Å². The van der Waals surface area contributed by atoms with Gasteiger partial charge in [0.2, 0.25) is 5.82 Å². The lowest BCUT2D eigenvalue weighted by Gasteiger charge is -2.33. The number of rotatable bonds is 2. The van der Waals surface area contributed by atoms with Gasteiger partial charge in [0.05, 0.1) is 36.1 Å². The van der Waals surface area contributed by atoms with E-state index in [0.29, 0.717) is 29.3 Å². The van der Waals surface area contributed by atoms with Crippen LogP contribution in [-0.4, -0.2) is 44.5 Å². The summed E-state index contributed by atoms with van der Waals surface area (Å²) in [5.74, 6) is 0.423. The Labute approximate surface area is 154 Å². The number of carbonyl (C=O) groups is 1. The third-order valence-corrected chi connectivity index (χ3v) is 5.13. The number of aromatic nitrogens is 3. The summed E-state index contributed by atoms with van der Waals surface area (Å²) in [6, 6.07) is 3.33. The molecular formula is C18H17ClN4O3. The standard InChI is InChI=1S/C18H17ClN4O3/c1-9-14-11-3-4-12(19)16(24)15(11)22-13(14)5-6-23(9)18(25)17-20-7-10(26-2)8-21-17/h3-4,7-9,22,24H,5-6H2,1-2H3/t9-/m0/s1. The molecule has 2 aromatic heterocycles. The van der Waals surface area contributed by atoms with Crippen LogP contribution in [0.15, 0.2) is 24.5 Å². The number of hydrogen-bond acceptors (Lipinski definition) is 5. The average Bonchev–Trinajstić information content (AvgIpc) is 3.05. The van der Waals surface area contributed by atoms with E-state index in [9.17, 15) is 9.90 Å². The van der Waals surface area contributed by atoms with E-state index in [-0.39, 0.29) is 23.5 Å². The van der Waals surface area contributed by atoms with Crippen molar-refractivity contribution in [2.24, 2.45) is 0 Å². The molecule has 0 bridgehead atoms. The van der Waals surface area contributed by atoms with Crippen molar-refractivity contribution >= 4 is 28.4 Å². The molecule has 1 aliphatic rings. The number of ether oxygens (including phenoxy) is 1. The molecule has 134 valence electrons. The summed E-state index contributed by atoms with van der Waals surface area (Å²) in [5.41, 5.74) is 2.59. The van der Waals surface area contributed by atoms with Gasteiger partial charge in [0.1, 0.15) is 0 Å². The SMILES string of the molecule is COc1cnc(C(=O)N2CCc3[nH]c4c(O)c(Cl)ccc4c3[C@@H]2C)nc1. The van der Waals surface area contributed by atoms with Gasteiger partial charge in [-0.25, -0.2) is 9.97 Å². The fourth-order valence-electron chi connectivity index (χ4n) is 3.49. The van der Waals surface area contributed by atoms with E-state index in [1.54, 1.807) is 11.0 Å². The van der Waals surface area contributed by atoms with Gasteiger partial charge in [-0.15, -0.1) is 0 Å². The molecular weight excluding hydrogens is 356 g/mol. The van der Waals surface area contributed by atoms with Gasteiger partial charge in [-0.05, 0) is 13.0 Å². The number of fused-ring (bicyclic) bond motifs is 3. The lowest BCUT2D eigenvalue weighted by Crippen LogP contribution is -2.39. The van der Waals surface area contributed by atoms with Crippen molar-refractivity contribution in [3.05, 3.63) is 46.6 Å². The number of phenols is 1. The lowest BCUT2D eigenvalue weighted by atomic mass is 9.96. The van der Waals surface area contributed by atoms with E-state index >= 15 is 0 Å². The van der Waals surface area contributed by atoms with Crippen LogP contribution in [0.3, 0.4) is 0 Å². The van der Waals surface area contributed by atoms with Crippen LogP contribution >= 0.6 is 11.6 Å². The van der Waals surface area contributed by atoms with Crippen molar-refractivity contribution in [1.29, 1.82) is 0 Å². The zero-order chi connectivity index (χ0) is 18.4. The van der Waals surface area contributed by atoms with E-state index in [1.807, 2.05) is 13.0 Å². The molecule has 2 N–H and O–H groups in total. The Balaban J connectivity index is 1.72. The molecule has 0 saturated heterocycles. The molecule has 0 spiro atoms. The molecule has 8 heteroatoms. The van der Waals surface area contributed by atoms with Gasteiger partial charge in [-0.3, -0.25) is 4.79 Å². The maximum absolute atomic E-state index is 12.9. The quantitative estimate of drug-likeness (QED) is 0.721. The summed E-state index contributed by atoms with van der Waals surface area (Å²) < 4.78 is 5.03. The minimum atomic E-state index is -0.238. The summed E-state index contributed by atoms with van der Waals surface area (Å²) in [7, 11) is 1.52. The summed E-state index contributed by atoms with van der Waals surface area (Å²) in [6.45, 7) is 2.49. The Morgan fingerprint density at radius 3 is 2.81 bits per heavy atom. The number of methoxy groups -OCH3 is 1. The number of aromatic amines is 1. The van der Waals surface area contributed by atoms with E-state index in [1.165, 1.54) is 19.5 Å². The van der Waals surface area contributed by atoms with Crippen molar-refractivity contribution in [3.8, 4) is 11.5 Å². The normalized spacial score (nSPS) is 16.6. The summed E-state index contributed by atoms with van der Waals surface area (Å²) in [5, 5.41) is 11.4. The Morgan fingerprint density at radius 2 is 2.12 bits per heavy atom. The van der Waals surface area contributed by atoms with Gasteiger partial charge in [0.25, 0.3) is 5.91 Å². The molecule has 0 unspecified atom stereocenters. The Morgan fingerprint density at radius 1 is 1.38 bits per heavy atom. The van der Waals surface area contributed by atoms with Gasteiger partial charge in [0.15, 0.2) is 11.5 Å². The fraction of sp³-hybridized carbons (Fsp3) is 0.278. The summed E-state index contributed by atoms with van der Waals surface area (Å²) in [4.78, 5) is 26.1. The van der Waals surface area contributed by atoms with Crippen LogP contribution in [0.5, 0.6) is 11.5 Å². The molecule has 1 atom stereocenters. The van der Waals surface area contributed by atoms with Gasteiger partial charge in [0, 0.05) is 29.6 Å². The molecule has 0 aliphatic carbocycles. The maximum Gasteiger partial charge on any atom is 0.292 e. The predicted molar refractivity (Wildman–Crippen MR) is 96.7 cm³/mol. The average molecular weight is 373 g/mol. The molecule has 7 nitrogen and oxygen atoms in total. The third kappa shape index (κ3) is 2.47. The van der Waals surface area contributed by atoms with Gasteiger partial charge in [-0.2, -0.15) is 0 Å². The van der Waals surface area contributed by atoms with Crippen LogP contribution in [0.2, 0.25) is 5.02 Å². The zero-order valence-corrected chi connectivity index (χ0v) is 15.0. The molecule has 0 fully saturated rings. The molecule has 0 radical (unpaired) electrons. The highest BCUT2D eigenvalue weighted by Crippen LogP contribution is 2.40. The minimum Gasteiger partial charge on any atom is -0.504 e. The van der Waals surface area contributed by atoms with E-state index in [0.717, 1.165) is 16.6 Å². The summed E-state index contributed by atoms with van der Waals surface area (Å²) >= 11 is 6.01. The van der Waals surface area contributed by atoms with Crippen molar-refractivity contribution in [3.63, 3.8) is 0 Å². The van der Waals surface area contributed by atoms with E-state index in [4.69, 9.17) is 16.3 Å². The first-order valence-electron chi connectivity index (χ1n) is 8.20. The molecule has 0 saturated carbocycles. The number of carbonyl (C=O) groups excluding carboxylic acids is 1. The van der Waals surface area contributed by atoms with Crippen molar-refractivity contribution in [2.45, 2.75) is 19.4 Å². The number of halogens is 1. The number of benzene rings is 1. The van der Waals surface area contributed by atoms with Gasteiger partial charge >= 0.3 is 0 Å². The first-order chi connectivity index (χ1) is 12.5. The number of aromatic hydroxyl groups is 1. The number of phenolic OH excluding ortho intramolecular Hbond substituents is 1. The molecule has 3 aromatic rings. The molecule has 3 heterocycles. The van der Waals surface area contributed by atoms with Crippen molar-refractivity contribution < 1.29 is 14.6 Å². The largest absolute Gasteiger partial charge is 0.504 e. The van der Waals surface area contributed by atoms with Crippen molar-refractivity contribution in [2.75, 3.05) is 13.7 Å². The van der Waals surface area contributed by atoms with Crippen LogP contribution in [0.1, 0.15) is 34.8 Å². The second kappa shape index (κ2) is 6.17. The molecule has 1 aromatic carbocycles. The second-order valence-corrected chi connectivity index (χ2v) is 6.61. The van der Waals surface area contributed by atoms with Crippen molar-refractivity contribution in [1.82, 2.24) is 19.9 Å². The monoisotopic (exact) mass is 372 g/mol. The maximum atomic E-state index is 12.9. The molecule has 26 heavy (non-hydrogen) atoms. The number of H-pyrrole nitrogens is 1. The number of hydrogen-bond donors (Lipinski definition) is 2. The van der Waals surface area contributed by atoms with E-state index in [2.05, 4.69) is 15.0 Å². The zero-order valence-electron chi connectivity index (χ0n) is 14.3. The van der Waals surface area contributed by atoms with Gasteiger partial charge < -0.3 is 19.7 Å². The highest BCUT2D eigenvalue weighted by Gasteiger charge is 2.32. The first-order valence-corrected chi connectivity index (χ1v) is 8.58. The Hall–Kier alpha value is -2.80. The summed E-state index contributed by atoms with van der Waals surface area (Å²) in [6.07, 6.45) is 3.60. The van der Waals surface area contributed by atoms with Crippen LogP contribution in [0.4, 0.5) is 0 Å². The van der Waals surface area contributed by atoms with Crippen LogP contribution in [0, 0.1) is 0 Å². The topological polar surface area (TPSA) is 91.3 Å². The Kier molecular flexibility index (Phi) is 3.96. The minimum absolute atomic E-state index is 0.0298. The second-order valence-electron chi connectivity index (χ2n) is 6.21. The number of amides is 1.